The molecule has 13 nitrogen and oxygen atoms in total. The first kappa shape index (κ1) is 30.0. The molecule has 6 atom stereocenters. The minimum absolute atomic E-state index is 0.114. The summed E-state index contributed by atoms with van der Waals surface area (Å²) in [5.41, 5.74) is 5.33. The van der Waals surface area contributed by atoms with Crippen LogP contribution in [-0.4, -0.2) is 138 Å². The zero-order valence-electron chi connectivity index (χ0n) is 17.6. The maximum absolute atomic E-state index is 11.8. The fraction of sp³-hybridized carbons (Fsp3) is 0.944. The predicted octanol–water partition coefficient (Wildman–Crippen LogP) is -4.95. The highest BCUT2D eigenvalue weighted by Gasteiger charge is 2.39. The number of rotatable bonds is 20. The first-order chi connectivity index (χ1) is 14.8. The van der Waals surface area contributed by atoms with Crippen molar-refractivity contribution in [2.75, 3.05) is 59.3 Å². The molecule has 0 spiro atoms. The predicted molar refractivity (Wildman–Crippen MR) is 107 cm³/mol. The van der Waals surface area contributed by atoms with Gasteiger partial charge < -0.3 is 61.0 Å². The van der Waals surface area contributed by atoms with Crippen LogP contribution in [0, 0.1) is 0 Å². The summed E-state index contributed by atoms with van der Waals surface area (Å²) < 4.78 is 15.9. The number of hydrogen-bond donors (Lipinski definition) is 9. The van der Waals surface area contributed by atoms with Crippen molar-refractivity contribution in [1.29, 1.82) is 0 Å². The molecule has 0 aliphatic rings. The van der Waals surface area contributed by atoms with Crippen molar-refractivity contribution in [2.24, 2.45) is 5.73 Å². The van der Waals surface area contributed by atoms with E-state index in [2.05, 4.69) is 5.32 Å². The van der Waals surface area contributed by atoms with Gasteiger partial charge in [-0.25, -0.2) is 0 Å². The van der Waals surface area contributed by atoms with Crippen molar-refractivity contribution in [3.8, 4) is 0 Å². The highest BCUT2D eigenvalue weighted by molar-refractivity contribution is 5.81. The lowest BCUT2D eigenvalue weighted by molar-refractivity contribution is -0.165. The Balaban J connectivity index is 3.87. The Kier molecular flexibility index (Phi) is 18.0. The Bertz CT molecular complexity index is 447. The van der Waals surface area contributed by atoms with E-state index in [1.165, 1.54) is 0 Å². The first-order valence-corrected chi connectivity index (χ1v) is 10.2. The summed E-state index contributed by atoms with van der Waals surface area (Å²) in [6.07, 6.45) is -11.0. The summed E-state index contributed by atoms with van der Waals surface area (Å²) in [5, 5.41) is 68.8. The molecule has 186 valence electrons. The zero-order chi connectivity index (χ0) is 23.6. The van der Waals surface area contributed by atoms with Gasteiger partial charge >= 0.3 is 0 Å². The zero-order valence-corrected chi connectivity index (χ0v) is 17.6. The smallest absolute Gasteiger partial charge is 0.251 e. The Morgan fingerprint density at radius 3 is 1.74 bits per heavy atom. The summed E-state index contributed by atoms with van der Waals surface area (Å²) in [7, 11) is 0. The lowest BCUT2D eigenvalue weighted by Crippen LogP contribution is -2.55. The number of nitrogens with two attached hydrogens (primary N) is 1. The molecule has 31 heavy (non-hydrogen) atoms. The van der Waals surface area contributed by atoms with E-state index in [-0.39, 0.29) is 6.54 Å². The lowest BCUT2D eigenvalue weighted by Gasteiger charge is -2.30. The van der Waals surface area contributed by atoms with Crippen LogP contribution in [0.4, 0.5) is 0 Å². The van der Waals surface area contributed by atoms with Gasteiger partial charge in [0.05, 0.1) is 33.0 Å². The third-order valence-corrected chi connectivity index (χ3v) is 4.22. The van der Waals surface area contributed by atoms with Gasteiger partial charge in [-0.3, -0.25) is 4.79 Å². The van der Waals surface area contributed by atoms with Gasteiger partial charge in [0.15, 0.2) is 6.10 Å². The number of aliphatic hydroxyl groups excluding tert-OH is 7. The van der Waals surface area contributed by atoms with Gasteiger partial charge in [-0.05, 0) is 19.4 Å². The van der Waals surface area contributed by atoms with E-state index in [0.29, 0.717) is 52.6 Å². The SMILES string of the molecule is NCCCOCCOCCOCCCNC(=O)C(O)C(O)C(O)C(O)C(O)C(O)CO. The Morgan fingerprint density at radius 2 is 1.23 bits per heavy atom. The average Bonchev–Trinajstić information content (AvgIpc) is 2.78. The largest absolute Gasteiger partial charge is 0.394 e. The molecular weight excluding hydrogens is 420 g/mol. The molecule has 6 unspecified atom stereocenters. The van der Waals surface area contributed by atoms with E-state index in [1.54, 1.807) is 0 Å². The molecule has 0 fully saturated rings. The first-order valence-electron chi connectivity index (χ1n) is 10.2. The number of ether oxygens (including phenoxy) is 3. The van der Waals surface area contributed by atoms with Crippen LogP contribution in [0.1, 0.15) is 12.8 Å². The molecule has 0 aromatic rings. The maximum atomic E-state index is 11.8. The second-order valence-electron chi connectivity index (χ2n) is 6.78. The average molecular weight is 459 g/mol. The van der Waals surface area contributed by atoms with Gasteiger partial charge in [-0.15, -0.1) is 0 Å². The normalized spacial score (nSPS) is 17.5. The fourth-order valence-corrected chi connectivity index (χ4v) is 2.30. The molecule has 1 amide bonds. The second kappa shape index (κ2) is 18.6. The monoisotopic (exact) mass is 458 g/mol. The molecule has 0 aliphatic carbocycles. The van der Waals surface area contributed by atoms with Crippen molar-refractivity contribution < 1.29 is 54.8 Å². The molecule has 0 saturated carbocycles. The number of carbonyl (C=O) groups excluding carboxylic acids is 1. The summed E-state index contributed by atoms with van der Waals surface area (Å²) in [4.78, 5) is 11.8. The van der Waals surface area contributed by atoms with Crippen molar-refractivity contribution >= 4 is 5.91 Å². The van der Waals surface area contributed by atoms with E-state index in [4.69, 9.17) is 25.1 Å². The van der Waals surface area contributed by atoms with E-state index >= 15 is 0 Å². The number of carbonyl (C=O) groups is 1. The van der Waals surface area contributed by atoms with Gasteiger partial charge in [0.1, 0.15) is 30.5 Å². The number of hydrogen-bond acceptors (Lipinski definition) is 12. The third kappa shape index (κ3) is 13.2. The second-order valence-corrected chi connectivity index (χ2v) is 6.78. The summed E-state index contributed by atoms with van der Waals surface area (Å²) in [6, 6.07) is 0. The van der Waals surface area contributed by atoms with Gasteiger partial charge in [-0.1, -0.05) is 0 Å². The Hall–Kier alpha value is -0.970. The van der Waals surface area contributed by atoms with Crippen LogP contribution >= 0.6 is 0 Å². The molecule has 0 heterocycles. The molecule has 0 aliphatic heterocycles. The fourth-order valence-electron chi connectivity index (χ4n) is 2.30. The van der Waals surface area contributed by atoms with Crippen LogP contribution in [0.3, 0.4) is 0 Å². The Labute approximate surface area is 181 Å². The maximum Gasteiger partial charge on any atom is 0.251 e. The van der Waals surface area contributed by atoms with Gasteiger partial charge in [0.25, 0.3) is 5.91 Å². The molecule has 13 heteroatoms. The van der Waals surface area contributed by atoms with Gasteiger partial charge in [-0.2, -0.15) is 0 Å². The van der Waals surface area contributed by atoms with E-state index in [1.807, 2.05) is 0 Å². The third-order valence-electron chi connectivity index (χ3n) is 4.22. The lowest BCUT2D eigenvalue weighted by atomic mass is 9.96. The van der Waals surface area contributed by atoms with E-state index in [0.717, 1.165) is 6.42 Å². The molecule has 0 bridgehead atoms. The van der Waals surface area contributed by atoms with Crippen molar-refractivity contribution in [3.05, 3.63) is 0 Å². The molecule has 0 aromatic heterocycles. The molecule has 0 radical (unpaired) electrons. The molecular formula is C18H38N2O11. The molecule has 10 N–H and O–H groups in total. The van der Waals surface area contributed by atoms with Crippen LogP contribution in [-0.2, 0) is 19.0 Å². The highest BCUT2D eigenvalue weighted by atomic mass is 16.5. The summed E-state index contributed by atoms with van der Waals surface area (Å²) in [6.45, 7) is 2.36. The van der Waals surface area contributed by atoms with Crippen molar-refractivity contribution in [2.45, 2.75) is 49.5 Å². The van der Waals surface area contributed by atoms with Gasteiger partial charge in [0.2, 0.25) is 0 Å². The van der Waals surface area contributed by atoms with Crippen molar-refractivity contribution in [1.82, 2.24) is 5.32 Å². The number of aliphatic hydroxyl groups is 7. The van der Waals surface area contributed by atoms with Crippen LogP contribution < -0.4 is 11.1 Å². The van der Waals surface area contributed by atoms with Crippen LogP contribution in [0.5, 0.6) is 0 Å². The summed E-state index contributed by atoms with van der Waals surface area (Å²) >= 11 is 0. The minimum atomic E-state index is -2.15. The van der Waals surface area contributed by atoms with E-state index < -0.39 is 49.1 Å². The number of nitrogens with one attached hydrogen (secondary N) is 1. The van der Waals surface area contributed by atoms with Crippen LogP contribution in [0.2, 0.25) is 0 Å². The van der Waals surface area contributed by atoms with Crippen LogP contribution in [0.25, 0.3) is 0 Å². The minimum Gasteiger partial charge on any atom is -0.394 e. The topological polar surface area (TPSA) is 224 Å². The quantitative estimate of drug-likeness (QED) is 0.0782. The van der Waals surface area contributed by atoms with Crippen LogP contribution in [0.15, 0.2) is 0 Å². The molecule has 0 aromatic carbocycles. The van der Waals surface area contributed by atoms with E-state index in [9.17, 15) is 35.4 Å². The summed E-state index contributed by atoms with van der Waals surface area (Å²) in [5.74, 6) is -1.01. The highest BCUT2D eigenvalue weighted by Crippen LogP contribution is 2.11. The van der Waals surface area contributed by atoms with Gasteiger partial charge in [0, 0.05) is 19.8 Å². The standard InChI is InChI=1S/C18H38N2O11/c19-3-1-5-29-7-9-31-10-8-30-6-2-4-20-18(28)17(27)16(26)15(25)14(24)13(23)12(22)11-21/h12-17,21-27H,1-11,19H2,(H,20,28). The number of amides is 1. The molecule has 0 rings (SSSR count). The molecule has 0 saturated heterocycles. The Morgan fingerprint density at radius 1 is 0.742 bits per heavy atom. The van der Waals surface area contributed by atoms with Crippen molar-refractivity contribution in [3.63, 3.8) is 0 Å².